The highest BCUT2D eigenvalue weighted by atomic mass is 35.5. The number of hydrogen-bond donors (Lipinski definition) is 1. The molecule has 0 fully saturated rings. The van der Waals surface area contributed by atoms with E-state index in [4.69, 9.17) is 27.9 Å². The van der Waals surface area contributed by atoms with E-state index in [9.17, 15) is 4.79 Å². The van der Waals surface area contributed by atoms with E-state index in [1.807, 2.05) is 47.8 Å². The number of nitrogens with one attached hydrogen (secondary N) is 1. The lowest BCUT2D eigenvalue weighted by atomic mass is 10.1. The third-order valence-electron chi connectivity index (χ3n) is 4.25. The number of methoxy groups -OCH3 is 1. The highest BCUT2D eigenvalue weighted by Crippen LogP contribution is 2.31. The normalized spacial score (nSPS) is 10.8. The van der Waals surface area contributed by atoms with Crippen LogP contribution in [0.15, 0.2) is 60.0 Å². The topological polar surface area (TPSA) is 51.2 Å². The molecule has 1 amide bonds. The van der Waals surface area contributed by atoms with Crippen LogP contribution in [0, 0.1) is 0 Å². The van der Waals surface area contributed by atoms with Crippen LogP contribution in [0.3, 0.4) is 0 Å². The van der Waals surface area contributed by atoms with Gasteiger partial charge in [0.05, 0.1) is 28.4 Å². The Morgan fingerprint density at radius 1 is 1.04 bits per heavy atom. The zero-order valence-electron chi connectivity index (χ0n) is 14.7. The molecular formula is C21H14Cl2N2O2S. The Morgan fingerprint density at radius 3 is 2.50 bits per heavy atom. The number of amides is 1. The Labute approximate surface area is 175 Å². The van der Waals surface area contributed by atoms with Crippen LogP contribution in [0.25, 0.3) is 22.0 Å². The molecule has 140 valence electrons. The van der Waals surface area contributed by atoms with E-state index in [0.717, 1.165) is 16.3 Å². The van der Waals surface area contributed by atoms with Crippen molar-refractivity contribution in [2.45, 2.75) is 0 Å². The monoisotopic (exact) mass is 428 g/mol. The number of nitrogens with zero attached hydrogens (tertiary/aromatic N) is 1. The molecule has 0 aliphatic heterocycles. The molecule has 0 radical (unpaired) electrons. The standard InChI is InChI=1S/C21H14Cl2N2O2S/c1-27-19-10-13-5-3-2-4-12(13)8-15(19)20(26)25-21-24-18(11-28-21)14-6-7-16(22)17(23)9-14/h2-11H,1H3,(H,24,25,26). The number of aromatic nitrogens is 1. The number of carbonyl (C=O) groups is 1. The summed E-state index contributed by atoms with van der Waals surface area (Å²) in [6.07, 6.45) is 0. The van der Waals surface area contributed by atoms with E-state index in [2.05, 4.69) is 10.3 Å². The average Bonchev–Trinajstić information content (AvgIpc) is 3.17. The molecule has 4 nitrogen and oxygen atoms in total. The SMILES string of the molecule is COc1cc2ccccc2cc1C(=O)Nc1nc(-c2ccc(Cl)c(Cl)c2)cs1. The lowest BCUT2D eigenvalue weighted by molar-refractivity contribution is 0.102. The molecular weight excluding hydrogens is 415 g/mol. The minimum atomic E-state index is -0.280. The van der Waals surface area contributed by atoms with Crippen LogP contribution in [0.2, 0.25) is 10.0 Å². The number of benzene rings is 3. The first-order valence-corrected chi connectivity index (χ1v) is 9.98. The van der Waals surface area contributed by atoms with Crippen LogP contribution in [0.5, 0.6) is 5.75 Å². The van der Waals surface area contributed by atoms with Gasteiger partial charge < -0.3 is 4.74 Å². The van der Waals surface area contributed by atoms with Gasteiger partial charge in [0.1, 0.15) is 5.75 Å². The van der Waals surface area contributed by atoms with Crippen molar-refractivity contribution in [1.82, 2.24) is 4.98 Å². The number of hydrogen-bond acceptors (Lipinski definition) is 4. The maximum atomic E-state index is 12.8. The van der Waals surface area contributed by atoms with Crippen LogP contribution in [-0.2, 0) is 0 Å². The second-order valence-electron chi connectivity index (χ2n) is 6.02. The maximum absolute atomic E-state index is 12.8. The molecule has 4 rings (SSSR count). The number of anilines is 1. The van der Waals surface area contributed by atoms with E-state index in [-0.39, 0.29) is 5.91 Å². The van der Waals surface area contributed by atoms with Gasteiger partial charge in [-0.2, -0.15) is 0 Å². The molecule has 0 atom stereocenters. The summed E-state index contributed by atoms with van der Waals surface area (Å²) in [6, 6.07) is 16.8. The predicted octanol–water partition coefficient (Wildman–Crippen LogP) is 6.53. The molecule has 7 heteroatoms. The van der Waals surface area contributed by atoms with Crippen LogP contribution >= 0.6 is 34.5 Å². The van der Waals surface area contributed by atoms with Crippen LogP contribution < -0.4 is 10.1 Å². The Kier molecular flexibility index (Phi) is 5.22. The molecule has 4 aromatic rings. The molecule has 0 spiro atoms. The highest BCUT2D eigenvalue weighted by molar-refractivity contribution is 7.14. The van der Waals surface area contributed by atoms with Gasteiger partial charge in [0.25, 0.3) is 5.91 Å². The highest BCUT2D eigenvalue weighted by Gasteiger charge is 2.16. The third kappa shape index (κ3) is 3.69. The fourth-order valence-electron chi connectivity index (χ4n) is 2.85. The minimum absolute atomic E-state index is 0.280. The second kappa shape index (κ2) is 7.80. The van der Waals surface area contributed by atoms with Gasteiger partial charge in [-0.3, -0.25) is 10.1 Å². The number of halogens is 2. The Balaban J connectivity index is 1.61. The van der Waals surface area contributed by atoms with Gasteiger partial charge in [-0.1, -0.05) is 53.5 Å². The van der Waals surface area contributed by atoms with E-state index in [1.165, 1.54) is 11.3 Å². The van der Waals surface area contributed by atoms with Crippen molar-refractivity contribution in [2.75, 3.05) is 12.4 Å². The van der Waals surface area contributed by atoms with Crippen molar-refractivity contribution >= 4 is 56.3 Å². The molecule has 1 heterocycles. The fourth-order valence-corrected chi connectivity index (χ4v) is 3.86. The summed E-state index contributed by atoms with van der Waals surface area (Å²) in [6.45, 7) is 0. The summed E-state index contributed by atoms with van der Waals surface area (Å²) in [4.78, 5) is 17.3. The van der Waals surface area contributed by atoms with Crippen LogP contribution in [0.4, 0.5) is 5.13 Å². The molecule has 0 aliphatic carbocycles. The molecule has 1 aromatic heterocycles. The molecule has 0 saturated carbocycles. The van der Waals surface area contributed by atoms with Gasteiger partial charge in [0.2, 0.25) is 0 Å². The minimum Gasteiger partial charge on any atom is -0.496 e. The number of carbonyl (C=O) groups excluding carboxylic acids is 1. The molecule has 1 N–H and O–H groups in total. The van der Waals surface area contributed by atoms with Crippen molar-refractivity contribution in [2.24, 2.45) is 0 Å². The maximum Gasteiger partial charge on any atom is 0.261 e. The van der Waals surface area contributed by atoms with Gasteiger partial charge >= 0.3 is 0 Å². The molecule has 0 saturated heterocycles. The van der Waals surface area contributed by atoms with Crippen LogP contribution in [-0.4, -0.2) is 18.0 Å². The molecule has 0 bridgehead atoms. The number of thiazole rings is 1. The quantitative estimate of drug-likeness (QED) is 0.401. The van der Waals surface area contributed by atoms with Crippen molar-refractivity contribution in [3.05, 3.63) is 75.6 Å². The van der Waals surface area contributed by atoms with Gasteiger partial charge in [0, 0.05) is 10.9 Å². The van der Waals surface area contributed by atoms with Gasteiger partial charge in [-0.15, -0.1) is 11.3 Å². The van der Waals surface area contributed by atoms with E-state index in [0.29, 0.717) is 32.2 Å². The van der Waals surface area contributed by atoms with Gasteiger partial charge in [-0.25, -0.2) is 4.98 Å². The predicted molar refractivity (Wildman–Crippen MR) is 116 cm³/mol. The van der Waals surface area contributed by atoms with Gasteiger partial charge in [-0.05, 0) is 35.0 Å². The van der Waals surface area contributed by atoms with E-state index >= 15 is 0 Å². The second-order valence-corrected chi connectivity index (χ2v) is 7.69. The lowest BCUT2D eigenvalue weighted by Crippen LogP contribution is -2.13. The Hall–Kier alpha value is -2.60. The number of fused-ring (bicyclic) bond motifs is 1. The lowest BCUT2D eigenvalue weighted by Gasteiger charge is -2.10. The Bertz CT molecular complexity index is 1190. The smallest absolute Gasteiger partial charge is 0.261 e. The average molecular weight is 429 g/mol. The first kappa shape index (κ1) is 18.7. The first-order chi connectivity index (χ1) is 13.5. The summed E-state index contributed by atoms with van der Waals surface area (Å²) in [5, 5.41) is 8.09. The molecule has 0 aliphatic rings. The van der Waals surface area contributed by atoms with Crippen molar-refractivity contribution in [3.8, 4) is 17.0 Å². The van der Waals surface area contributed by atoms with Crippen LogP contribution in [0.1, 0.15) is 10.4 Å². The largest absolute Gasteiger partial charge is 0.496 e. The van der Waals surface area contributed by atoms with E-state index in [1.54, 1.807) is 19.2 Å². The van der Waals surface area contributed by atoms with Crippen molar-refractivity contribution in [3.63, 3.8) is 0 Å². The summed E-state index contributed by atoms with van der Waals surface area (Å²) >= 11 is 13.4. The summed E-state index contributed by atoms with van der Waals surface area (Å²) in [5.41, 5.74) is 1.99. The zero-order chi connectivity index (χ0) is 19.7. The molecule has 3 aromatic carbocycles. The number of rotatable bonds is 4. The first-order valence-electron chi connectivity index (χ1n) is 8.34. The van der Waals surface area contributed by atoms with Crippen molar-refractivity contribution in [1.29, 1.82) is 0 Å². The third-order valence-corrected chi connectivity index (χ3v) is 5.75. The molecule has 28 heavy (non-hydrogen) atoms. The van der Waals surface area contributed by atoms with Gasteiger partial charge in [0.15, 0.2) is 5.13 Å². The summed E-state index contributed by atoms with van der Waals surface area (Å²) in [7, 11) is 1.55. The van der Waals surface area contributed by atoms with Crippen molar-refractivity contribution < 1.29 is 9.53 Å². The summed E-state index contributed by atoms with van der Waals surface area (Å²) in [5.74, 6) is 0.232. The zero-order valence-corrected chi connectivity index (χ0v) is 17.0. The molecule has 0 unspecified atom stereocenters. The summed E-state index contributed by atoms with van der Waals surface area (Å²) < 4.78 is 5.41. The van der Waals surface area contributed by atoms with E-state index < -0.39 is 0 Å². The fraction of sp³-hybridized carbons (Fsp3) is 0.0476. The Morgan fingerprint density at radius 2 is 1.79 bits per heavy atom. The number of ether oxygens (including phenoxy) is 1.